The minimum absolute atomic E-state index is 0.441. The topological polar surface area (TPSA) is 32.3 Å². The molecule has 0 radical (unpaired) electrons. The highest BCUT2D eigenvalue weighted by molar-refractivity contribution is 5.45. The predicted octanol–water partition coefficient (Wildman–Crippen LogP) is 2.32. The summed E-state index contributed by atoms with van der Waals surface area (Å²) >= 11 is 0. The Morgan fingerprint density at radius 1 is 1.43 bits per heavy atom. The van der Waals surface area contributed by atoms with Crippen molar-refractivity contribution in [1.29, 1.82) is 0 Å². The molecular formula is C12H17NO. The van der Waals surface area contributed by atoms with Gasteiger partial charge in [0.15, 0.2) is 0 Å². The largest absolute Gasteiger partial charge is 0.388 e. The smallest absolute Gasteiger partial charge is 0.0819 e. The first-order valence-electron chi connectivity index (χ1n) is 5.21. The van der Waals surface area contributed by atoms with Crippen LogP contribution in [0.25, 0.3) is 0 Å². The summed E-state index contributed by atoms with van der Waals surface area (Å²) in [6, 6.07) is 8.24. The summed E-state index contributed by atoms with van der Waals surface area (Å²) in [5.74, 6) is 0. The summed E-state index contributed by atoms with van der Waals surface area (Å²) < 4.78 is 0. The highest BCUT2D eigenvalue weighted by atomic mass is 16.3. The van der Waals surface area contributed by atoms with Crippen molar-refractivity contribution < 1.29 is 5.11 Å². The Balaban J connectivity index is 1.91. The summed E-state index contributed by atoms with van der Waals surface area (Å²) in [4.78, 5) is 0. The van der Waals surface area contributed by atoms with Gasteiger partial charge in [0.25, 0.3) is 0 Å². The first kappa shape index (κ1) is 9.53. The minimum Gasteiger partial charge on any atom is -0.388 e. The summed E-state index contributed by atoms with van der Waals surface area (Å²) in [5.41, 5.74) is 1.91. The summed E-state index contributed by atoms with van der Waals surface area (Å²) in [5, 5.41) is 13.2. The lowest BCUT2D eigenvalue weighted by atomic mass is 9.80. The van der Waals surface area contributed by atoms with Crippen LogP contribution in [0.5, 0.6) is 0 Å². The van der Waals surface area contributed by atoms with Crippen LogP contribution >= 0.6 is 0 Å². The van der Waals surface area contributed by atoms with Gasteiger partial charge in [-0.2, -0.15) is 0 Å². The summed E-state index contributed by atoms with van der Waals surface area (Å²) in [6.07, 6.45) is 3.03. The molecule has 0 bridgehead atoms. The van der Waals surface area contributed by atoms with Crippen molar-refractivity contribution in [2.45, 2.75) is 31.8 Å². The molecule has 14 heavy (non-hydrogen) atoms. The van der Waals surface area contributed by atoms with Gasteiger partial charge in [0.05, 0.1) is 5.60 Å². The zero-order valence-corrected chi connectivity index (χ0v) is 8.59. The van der Waals surface area contributed by atoms with Crippen LogP contribution in [0.4, 0.5) is 5.69 Å². The van der Waals surface area contributed by atoms with E-state index in [-0.39, 0.29) is 0 Å². The van der Waals surface area contributed by atoms with Gasteiger partial charge in [0, 0.05) is 12.2 Å². The molecule has 2 N–H and O–H groups in total. The SMILES string of the molecule is Cc1cccc(NCC2(O)CCC2)c1. The Labute approximate surface area is 85.0 Å². The number of aryl methyl sites for hydroxylation is 1. The number of rotatable bonds is 3. The Morgan fingerprint density at radius 3 is 2.79 bits per heavy atom. The van der Waals surface area contributed by atoms with E-state index in [1.165, 1.54) is 5.56 Å². The van der Waals surface area contributed by atoms with Crippen molar-refractivity contribution in [3.63, 3.8) is 0 Å². The lowest BCUT2D eigenvalue weighted by Gasteiger charge is -2.36. The number of hydrogen-bond acceptors (Lipinski definition) is 2. The predicted molar refractivity (Wildman–Crippen MR) is 58.5 cm³/mol. The maximum atomic E-state index is 9.88. The van der Waals surface area contributed by atoms with E-state index < -0.39 is 5.60 Å². The van der Waals surface area contributed by atoms with Crippen LogP contribution < -0.4 is 5.32 Å². The van der Waals surface area contributed by atoms with Crippen molar-refractivity contribution in [3.8, 4) is 0 Å². The minimum atomic E-state index is -0.441. The Kier molecular flexibility index (Phi) is 2.46. The number of anilines is 1. The third-order valence-corrected chi connectivity index (χ3v) is 2.92. The zero-order valence-electron chi connectivity index (χ0n) is 8.59. The fourth-order valence-corrected chi connectivity index (χ4v) is 1.78. The fraction of sp³-hybridized carbons (Fsp3) is 0.500. The molecule has 1 fully saturated rings. The van der Waals surface area contributed by atoms with E-state index in [9.17, 15) is 5.11 Å². The van der Waals surface area contributed by atoms with E-state index in [1.54, 1.807) is 0 Å². The van der Waals surface area contributed by atoms with Crippen LogP contribution in [-0.2, 0) is 0 Å². The van der Waals surface area contributed by atoms with Gasteiger partial charge in [-0.05, 0) is 43.9 Å². The van der Waals surface area contributed by atoms with Gasteiger partial charge in [0.1, 0.15) is 0 Å². The van der Waals surface area contributed by atoms with Crippen molar-refractivity contribution in [2.75, 3.05) is 11.9 Å². The van der Waals surface area contributed by atoms with E-state index in [2.05, 4.69) is 24.4 Å². The van der Waals surface area contributed by atoms with Crippen molar-refractivity contribution in [2.24, 2.45) is 0 Å². The molecule has 0 aliphatic heterocycles. The highest BCUT2D eigenvalue weighted by Crippen LogP contribution is 2.31. The van der Waals surface area contributed by atoms with E-state index in [0.717, 1.165) is 24.9 Å². The highest BCUT2D eigenvalue weighted by Gasteiger charge is 2.33. The number of benzene rings is 1. The molecule has 1 aliphatic rings. The molecule has 2 rings (SSSR count). The first-order valence-corrected chi connectivity index (χ1v) is 5.21. The Bertz CT molecular complexity index is 318. The molecule has 0 spiro atoms. The third kappa shape index (κ3) is 2.07. The second kappa shape index (κ2) is 3.62. The molecule has 1 aromatic carbocycles. The van der Waals surface area contributed by atoms with Crippen molar-refractivity contribution in [3.05, 3.63) is 29.8 Å². The average Bonchev–Trinajstić information content (AvgIpc) is 2.12. The quantitative estimate of drug-likeness (QED) is 0.768. The van der Waals surface area contributed by atoms with E-state index in [1.807, 2.05) is 12.1 Å². The fourth-order valence-electron chi connectivity index (χ4n) is 1.78. The molecule has 0 aromatic heterocycles. The summed E-state index contributed by atoms with van der Waals surface area (Å²) in [7, 11) is 0. The lowest BCUT2D eigenvalue weighted by molar-refractivity contribution is -0.0201. The molecule has 76 valence electrons. The molecule has 0 unspecified atom stereocenters. The molecule has 0 heterocycles. The van der Waals surface area contributed by atoms with Crippen LogP contribution in [0.1, 0.15) is 24.8 Å². The van der Waals surface area contributed by atoms with E-state index >= 15 is 0 Å². The Morgan fingerprint density at radius 2 is 2.21 bits per heavy atom. The second-order valence-corrected chi connectivity index (χ2v) is 4.30. The monoisotopic (exact) mass is 191 g/mol. The molecule has 0 atom stereocenters. The standard InChI is InChI=1S/C12H17NO/c1-10-4-2-5-11(8-10)13-9-12(14)6-3-7-12/h2,4-5,8,13-14H,3,6-7,9H2,1H3. The van der Waals surface area contributed by atoms with Gasteiger partial charge >= 0.3 is 0 Å². The van der Waals surface area contributed by atoms with Gasteiger partial charge < -0.3 is 10.4 Å². The van der Waals surface area contributed by atoms with Gasteiger partial charge in [-0.15, -0.1) is 0 Å². The summed E-state index contributed by atoms with van der Waals surface area (Å²) in [6.45, 7) is 2.75. The van der Waals surface area contributed by atoms with E-state index in [0.29, 0.717) is 6.54 Å². The van der Waals surface area contributed by atoms with Gasteiger partial charge in [-0.3, -0.25) is 0 Å². The van der Waals surface area contributed by atoms with E-state index in [4.69, 9.17) is 0 Å². The maximum Gasteiger partial charge on any atom is 0.0819 e. The number of aliphatic hydroxyl groups is 1. The molecule has 0 amide bonds. The third-order valence-electron chi connectivity index (χ3n) is 2.92. The Hall–Kier alpha value is -1.02. The van der Waals surface area contributed by atoms with Crippen molar-refractivity contribution >= 4 is 5.69 Å². The van der Waals surface area contributed by atoms with Crippen LogP contribution in [0.15, 0.2) is 24.3 Å². The average molecular weight is 191 g/mol. The molecule has 0 saturated heterocycles. The van der Waals surface area contributed by atoms with Gasteiger partial charge in [0.2, 0.25) is 0 Å². The van der Waals surface area contributed by atoms with Gasteiger partial charge in [-0.1, -0.05) is 12.1 Å². The normalized spacial score (nSPS) is 18.7. The van der Waals surface area contributed by atoms with Crippen molar-refractivity contribution in [1.82, 2.24) is 0 Å². The molecule has 2 heteroatoms. The molecule has 1 aromatic rings. The molecule has 2 nitrogen and oxygen atoms in total. The number of nitrogens with one attached hydrogen (secondary N) is 1. The van der Waals surface area contributed by atoms with Crippen LogP contribution in [0, 0.1) is 6.92 Å². The van der Waals surface area contributed by atoms with Gasteiger partial charge in [-0.25, -0.2) is 0 Å². The second-order valence-electron chi connectivity index (χ2n) is 4.30. The molecule has 1 saturated carbocycles. The molecular weight excluding hydrogens is 174 g/mol. The maximum absolute atomic E-state index is 9.88. The molecule has 1 aliphatic carbocycles. The van der Waals surface area contributed by atoms with Crippen LogP contribution in [0.3, 0.4) is 0 Å². The van der Waals surface area contributed by atoms with Crippen LogP contribution in [-0.4, -0.2) is 17.3 Å². The number of hydrogen-bond donors (Lipinski definition) is 2. The zero-order chi connectivity index (χ0) is 10.0. The lowest BCUT2D eigenvalue weighted by Crippen LogP contribution is -2.43. The van der Waals surface area contributed by atoms with Crippen LogP contribution in [0.2, 0.25) is 0 Å². The first-order chi connectivity index (χ1) is 6.68.